The van der Waals surface area contributed by atoms with Crippen LogP contribution in [0, 0.1) is 0 Å². The highest BCUT2D eigenvalue weighted by molar-refractivity contribution is 7.89. The van der Waals surface area contributed by atoms with Crippen molar-refractivity contribution in [3.05, 3.63) is 46.8 Å². The van der Waals surface area contributed by atoms with Crippen molar-refractivity contribution in [3.8, 4) is 0 Å². The Bertz CT molecular complexity index is 1010. The summed E-state index contributed by atoms with van der Waals surface area (Å²) >= 11 is 0. The van der Waals surface area contributed by atoms with Gasteiger partial charge in [0.25, 0.3) is 5.91 Å². The third-order valence-electron chi connectivity index (χ3n) is 4.99. The number of aryl methyl sites for hydroxylation is 2. The molecule has 0 saturated carbocycles. The van der Waals surface area contributed by atoms with Gasteiger partial charge in [0.2, 0.25) is 10.0 Å². The Balaban J connectivity index is 1.73. The number of aromatic amines is 1. The number of nitrogens with one attached hydrogen (secondary N) is 2. The van der Waals surface area contributed by atoms with Gasteiger partial charge in [-0.25, -0.2) is 12.7 Å². The third-order valence-corrected chi connectivity index (χ3v) is 6.80. The first-order valence-electron chi connectivity index (χ1n) is 8.67. The van der Waals surface area contributed by atoms with Gasteiger partial charge in [-0.05, 0) is 55.5 Å². The van der Waals surface area contributed by atoms with Crippen molar-refractivity contribution in [2.45, 2.75) is 30.6 Å². The van der Waals surface area contributed by atoms with Gasteiger partial charge in [0.05, 0.1) is 16.2 Å². The van der Waals surface area contributed by atoms with Crippen LogP contribution in [0.25, 0.3) is 11.6 Å². The van der Waals surface area contributed by atoms with Gasteiger partial charge in [0.1, 0.15) is 0 Å². The number of benzene rings is 1. The van der Waals surface area contributed by atoms with Crippen molar-refractivity contribution < 1.29 is 13.2 Å². The molecule has 1 aromatic carbocycles. The van der Waals surface area contributed by atoms with Crippen molar-refractivity contribution in [2.24, 2.45) is 0 Å². The van der Waals surface area contributed by atoms with Crippen molar-refractivity contribution >= 4 is 33.3 Å². The molecule has 26 heavy (non-hydrogen) atoms. The first-order chi connectivity index (χ1) is 12.4. The highest BCUT2D eigenvalue weighted by Crippen LogP contribution is 2.35. The largest absolute Gasteiger partial charge is 0.359 e. The van der Waals surface area contributed by atoms with Gasteiger partial charge in [0, 0.05) is 31.0 Å². The summed E-state index contributed by atoms with van der Waals surface area (Å²) in [7, 11) is -0.567. The molecule has 4 rings (SSSR count). The van der Waals surface area contributed by atoms with E-state index in [9.17, 15) is 13.2 Å². The van der Waals surface area contributed by atoms with Gasteiger partial charge in [-0.15, -0.1) is 0 Å². The third kappa shape index (κ3) is 2.77. The summed E-state index contributed by atoms with van der Waals surface area (Å²) in [4.78, 5) is 16.0. The quantitative estimate of drug-likeness (QED) is 0.814. The Hall–Kier alpha value is -2.38. The van der Waals surface area contributed by atoms with Crippen LogP contribution in [-0.4, -0.2) is 37.7 Å². The lowest BCUT2D eigenvalue weighted by atomic mass is 9.98. The second kappa shape index (κ2) is 6.10. The summed E-state index contributed by atoms with van der Waals surface area (Å²) in [5.74, 6) is -0.216. The number of fused-ring (bicyclic) bond motifs is 2. The zero-order valence-electron chi connectivity index (χ0n) is 14.8. The zero-order valence-corrected chi connectivity index (χ0v) is 15.6. The summed E-state index contributed by atoms with van der Waals surface area (Å²) in [6.07, 6.45) is 6.36. The van der Waals surface area contributed by atoms with Gasteiger partial charge in [-0.1, -0.05) is 6.07 Å². The van der Waals surface area contributed by atoms with Crippen LogP contribution in [0.2, 0.25) is 0 Å². The Kier molecular flexibility index (Phi) is 4.00. The number of sulfonamides is 1. The van der Waals surface area contributed by atoms with Crippen LogP contribution in [0.15, 0.2) is 29.2 Å². The van der Waals surface area contributed by atoms with Crippen LogP contribution in [0.5, 0.6) is 0 Å². The normalized spacial score (nSPS) is 18.1. The van der Waals surface area contributed by atoms with Crippen molar-refractivity contribution in [1.82, 2.24) is 9.29 Å². The molecule has 0 unspecified atom stereocenters. The van der Waals surface area contributed by atoms with Crippen LogP contribution in [0.3, 0.4) is 0 Å². The molecular formula is C19H21N3O3S. The smallest absolute Gasteiger partial charge is 0.256 e. The maximum absolute atomic E-state index is 12.4. The van der Waals surface area contributed by atoms with Gasteiger partial charge >= 0.3 is 0 Å². The molecule has 2 N–H and O–H groups in total. The molecule has 1 aromatic heterocycles. The number of carbonyl (C=O) groups excluding carboxylic acids is 1. The highest BCUT2D eigenvalue weighted by atomic mass is 32.2. The van der Waals surface area contributed by atoms with E-state index < -0.39 is 10.0 Å². The zero-order chi connectivity index (χ0) is 18.5. The van der Waals surface area contributed by atoms with E-state index in [4.69, 9.17) is 0 Å². The summed E-state index contributed by atoms with van der Waals surface area (Å²) < 4.78 is 25.7. The second-order valence-corrected chi connectivity index (χ2v) is 9.09. The standard InChI is InChI=1S/C19H21N3O3S/c1-22(2)26(24,25)14-7-8-15-16(19(23)21-18(15)11-14)10-13-9-12-5-3-4-6-17(12)20-13/h7-11,20H,3-6H2,1-2H3,(H,21,23)/b16-10-. The Morgan fingerprint density at radius 3 is 2.62 bits per heavy atom. The summed E-state index contributed by atoms with van der Waals surface area (Å²) in [5.41, 5.74) is 5.30. The number of nitrogens with zero attached hydrogens (tertiary/aromatic N) is 1. The molecule has 1 amide bonds. The van der Waals surface area contributed by atoms with E-state index in [0.717, 1.165) is 28.4 Å². The van der Waals surface area contributed by atoms with Crippen LogP contribution in [-0.2, 0) is 27.7 Å². The molecular weight excluding hydrogens is 350 g/mol. The predicted molar refractivity (Wildman–Crippen MR) is 101 cm³/mol. The molecule has 1 aliphatic heterocycles. The van der Waals surface area contributed by atoms with Crippen LogP contribution < -0.4 is 5.32 Å². The van der Waals surface area contributed by atoms with E-state index in [1.807, 2.05) is 6.08 Å². The van der Waals surface area contributed by atoms with E-state index in [1.54, 1.807) is 12.1 Å². The van der Waals surface area contributed by atoms with E-state index in [1.165, 1.54) is 44.3 Å². The second-order valence-electron chi connectivity index (χ2n) is 6.94. The SMILES string of the molecule is CN(C)S(=O)(=O)c1ccc2c(c1)NC(=O)/C2=C\c1cc2c([nH]1)CCCC2. The van der Waals surface area contributed by atoms with Gasteiger partial charge in [-0.2, -0.15) is 0 Å². The monoisotopic (exact) mass is 371 g/mol. The first kappa shape index (κ1) is 17.1. The Morgan fingerprint density at radius 1 is 1.12 bits per heavy atom. The first-order valence-corrected chi connectivity index (χ1v) is 10.1. The average molecular weight is 371 g/mol. The number of rotatable bonds is 3. The molecule has 2 aliphatic rings. The van der Waals surface area contributed by atoms with Gasteiger partial charge in [0.15, 0.2) is 0 Å². The molecule has 0 atom stereocenters. The van der Waals surface area contributed by atoms with Crippen molar-refractivity contribution in [2.75, 3.05) is 19.4 Å². The van der Waals surface area contributed by atoms with E-state index in [0.29, 0.717) is 11.3 Å². The molecule has 2 aromatic rings. The number of amides is 1. The number of hydrogen-bond acceptors (Lipinski definition) is 3. The average Bonchev–Trinajstić information content (AvgIpc) is 3.15. The number of H-pyrrole nitrogens is 1. The van der Waals surface area contributed by atoms with Crippen LogP contribution in [0.1, 0.15) is 35.4 Å². The lowest BCUT2D eigenvalue weighted by Gasteiger charge is -2.12. The molecule has 1 aliphatic carbocycles. The number of aromatic nitrogens is 1. The molecule has 0 bridgehead atoms. The highest BCUT2D eigenvalue weighted by Gasteiger charge is 2.27. The molecule has 136 valence electrons. The molecule has 2 heterocycles. The number of carbonyl (C=O) groups is 1. The molecule has 0 spiro atoms. The van der Waals surface area contributed by atoms with E-state index in [2.05, 4.69) is 16.4 Å². The summed E-state index contributed by atoms with van der Waals surface area (Å²) in [6, 6.07) is 6.86. The maximum atomic E-state index is 12.4. The molecule has 0 saturated heterocycles. The number of anilines is 1. The number of hydrogen-bond donors (Lipinski definition) is 2. The predicted octanol–water partition coefficient (Wildman–Crippen LogP) is 2.64. The fourth-order valence-electron chi connectivity index (χ4n) is 3.55. The fourth-order valence-corrected chi connectivity index (χ4v) is 4.48. The summed E-state index contributed by atoms with van der Waals surface area (Å²) in [6.45, 7) is 0. The van der Waals surface area contributed by atoms with Crippen LogP contribution in [0.4, 0.5) is 5.69 Å². The Labute approximate surface area is 153 Å². The van der Waals surface area contributed by atoms with Gasteiger partial charge in [-0.3, -0.25) is 4.79 Å². The fraction of sp³-hybridized carbons (Fsp3) is 0.316. The van der Waals surface area contributed by atoms with Crippen molar-refractivity contribution in [3.63, 3.8) is 0 Å². The van der Waals surface area contributed by atoms with E-state index >= 15 is 0 Å². The van der Waals surface area contributed by atoms with Gasteiger partial charge < -0.3 is 10.3 Å². The molecule has 6 nitrogen and oxygen atoms in total. The van der Waals surface area contributed by atoms with E-state index in [-0.39, 0.29) is 10.8 Å². The lowest BCUT2D eigenvalue weighted by Crippen LogP contribution is -2.22. The minimum atomic E-state index is -3.54. The lowest BCUT2D eigenvalue weighted by molar-refractivity contribution is -0.110. The van der Waals surface area contributed by atoms with Crippen LogP contribution >= 0.6 is 0 Å². The minimum Gasteiger partial charge on any atom is -0.359 e. The minimum absolute atomic E-state index is 0.165. The molecule has 7 heteroatoms. The molecule has 0 radical (unpaired) electrons. The topological polar surface area (TPSA) is 82.3 Å². The molecule has 0 fully saturated rings. The summed E-state index contributed by atoms with van der Waals surface area (Å²) in [5, 5.41) is 2.78. The Morgan fingerprint density at radius 2 is 1.88 bits per heavy atom. The van der Waals surface area contributed by atoms with Crippen molar-refractivity contribution in [1.29, 1.82) is 0 Å². The maximum Gasteiger partial charge on any atom is 0.256 e.